The first kappa shape index (κ1) is 12.6. The SMILES string of the molecule is CCC1OCCC1CNCc1cnn(C)c1C. The molecule has 1 fully saturated rings. The van der Waals surface area contributed by atoms with E-state index in [1.54, 1.807) is 0 Å². The number of rotatable bonds is 5. The average Bonchev–Trinajstić information content (AvgIpc) is 2.90. The molecule has 1 N–H and O–H groups in total. The second kappa shape index (κ2) is 5.65. The van der Waals surface area contributed by atoms with Gasteiger partial charge in [0.25, 0.3) is 0 Å². The van der Waals surface area contributed by atoms with Crippen LogP contribution in [0.4, 0.5) is 0 Å². The smallest absolute Gasteiger partial charge is 0.0613 e. The second-order valence-corrected chi connectivity index (χ2v) is 4.88. The van der Waals surface area contributed by atoms with Crippen LogP contribution < -0.4 is 5.32 Å². The van der Waals surface area contributed by atoms with Gasteiger partial charge in [0, 0.05) is 38.0 Å². The third-order valence-electron chi connectivity index (χ3n) is 3.81. The molecule has 2 atom stereocenters. The fourth-order valence-electron chi connectivity index (χ4n) is 2.49. The second-order valence-electron chi connectivity index (χ2n) is 4.88. The Kier molecular flexibility index (Phi) is 4.18. The molecule has 17 heavy (non-hydrogen) atoms. The number of nitrogens with one attached hydrogen (secondary N) is 1. The highest BCUT2D eigenvalue weighted by molar-refractivity contribution is 5.15. The Morgan fingerprint density at radius 2 is 2.41 bits per heavy atom. The fourth-order valence-corrected chi connectivity index (χ4v) is 2.49. The lowest BCUT2D eigenvalue weighted by atomic mass is 9.99. The summed E-state index contributed by atoms with van der Waals surface area (Å²) >= 11 is 0. The predicted octanol–water partition coefficient (Wildman–Crippen LogP) is 1.63. The van der Waals surface area contributed by atoms with Gasteiger partial charge in [-0.15, -0.1) is 0 Å². The largest absolute Gasteiger partial charge is 0.378 e. The normalized spacial score (nSPS) is 24.4. The maximum absolute atomic E-state index is 5.69. The minimum absolute atomic E-state index is 0.456. The summed E-state index contributed by atoms with van der Waals surface area (Å²) in [5.74, 6) is 0.678. The maximum Gasteiger partial charge on any atom is 0.0613 e. The summed E-state index contributed by atoms with van der Waals surface area (Å²) in [5.41, 5.74) is 2.53. The molecule has 0 aliphatic carbocycles. The molecule has 0 saturated carbocycles. The van der Waals surface area contributed by atoms with Crippen LogP contribution in [0.15, 0.2) is 6.20 Å². The molecule has 4 heteroatoms. The summed E-state index contributed by atoms with van der Waals surface area (Å²) in [5, 5.41) is 7.78. The summed E-state index contributed by atoms with van der Waals surface area (Å²) in [7, 11) is 1.98. The standard InChI is InChI=1S/C13H23N3O/c1-4-13-11(5-6-17-13)7-14-8-12-9-15-16(3)10(12)2/h9,11,13-14H,4-8H2,1-3H3. The van der Waals surface area contributed by atoms with Crippen LogP contribution in [0.25, 0.3) is 0 Å². The molecule has 2 unspecified atom stereocenters. The topological polar surface area (TPSA) is 39.1 Å². The van der Waals surface area contributed by atoms with Crippen LogP contribution in [-0.4, -0.2) is 29.0 Å². The summed E-state index contributed by atoms with van der Waals surface area (Å²) in [4.78, 5) is 0. The summed E-state index contributed by atoms with van der Waals surface area (Å²) in [6.07, 6.45) is 4.72. The first-order valence-electron chi connectivity index (χ1n) is 6.52. The van der Waals surface area contributed by atoms with Crippen LogP contribution in [-0.2, 0) is 18.3 Å². The fraction of sp³-hybridized carbons (Fsp3) is 0.769. The molecule has 0 aromatic carbocycles. The molecule has 4 nitrogen and oxygen atoms in total. The first-order valence-corrected chi connectivity index (χ1v) is 6.52. The van der Waals surface area contributed by atoms with Crippen LogP contribution >= 0.6 is 0 Å². The molecule has 0 spiro atoms. The Hall–Kier alpha value is -0.870. The molecule has 96 valence electrons. The van der Waals surface area contributed by atoms with Crippen molar-refractivity contribution in [3.05, 3.63) is 17.5 Å². The van der Waals surface area contributed by atoms with Crippen LogP contribution in [0, 0.1) is 12.8 Å². The third kappa shape index (κ3) is 2.87. The third-order valence-corrected chi connectivity index (χ3v) is 3.81. The van der Waals surface area contributed by atoms with Gasteiger partial charge in [0.2, 0.25) is 0 Å². The number of hydrogen-bond acceptors (Lipinski definition) is 3. The van der Waals surface area contributed by atoms with Crippen molar-refractivity contribution in [3.63, 3.8) is 0 Å². The zero-order valence-electron chi connectivity index (χ0n) is 11.1. The van der Waals surface area contributed by atoms with Gasteiger partial charge in [0.15, 0.2) is 0 Å². The Bertz CT molecular complexity index is 362. The van der Waals surface area contributed by atoms with Gasteiger partial charge in [-0.25, -0.2) is 0 Å². The van der Waals surface area contributed by atoms with Gasteiger partial charge >= 0.3 is 0 Å². The quantitative estimate of drug-likeness (QED) is 0.846. The van der Waals surface area contributed by atoms with Crippen molar-refractivity contribution in [3.8, 4) is 0 Å². The lowest BCUT2D eigenvalue weighted by Crippen LogP contribution is -2.28. The Labute approximate surface area is 103 Å². The number of aromatic nitrogens is 2. The van der Waals surface area contributed by atoms with Crippen molar-refractivity contribution in [2.45, 2.75) is 39.3 Å². The molecular formula is C13H23N3O. The number of aryl methyl sites for hydroxylation is 1. The molecule has 1 aliphatic heterocycles. The minimum atomic E-state index is 0.456. The Morgan fingerprint density at radius 3 is 3.06 bits per heavy atom. The van der Waals surface area contributed by atoms with E-state index in [0.29, 0.717) is 12.0 Å². The van der Waals surface area contributed by atoms with E-state index in [-0.39, 0.29) is 0 Å². The van der Waals surface area contributed by atoms with E-state index >= 15 is 0 Å². The minimum Gasteiger partial charge on any atom is -0.378 e. The van der Waals surface area contributed by atoms with Gasteiger partial charge in [-0.05, 0) is 25.7 Å². The summed E-state index contributed by atoms with van der Waals surface area (Å²) in [6.45, 7) is 7.20. The van der Waals surface area contributed by atoms with E-state index in [1.165, 1.54) is 17.7 Å². The number of hydrogen-bond donors (Lipinski definition) is 1. The van der Waals surface area contributed by atoms with Crippen molar-refractivity contribution < 1.29 is 4.74 Å². The van der Waals surface area contributed by atoms with Crippen molar-refractivity contribution in [2.24, 2.45) is 13.0 Å². The van der Waals surface area contributed by atoms with Gasteiger partial charge in [0.05, 0.1) is 12.3 Å². The molecule has 2 heterocycles. The molecule has 1 aromatic heterocycles. The molecule has 1 saturated heterocycles. The van der Waals surface area contributed by atoms with Gasteiger partial charge < -0.3 is 10.1 Å². The maximum atomic E-state index is 5.69. The van der Waals surface area contributed by atoms with Crippen molar-refractivity contribution in [1.82, 2.24) is 15.1 Å². The van der Waals surface area contributed by atoms with Crippen molar-refractivity contribution in [2.75, 3.05) is 13.2 Å². The van der Waals surface area contributed by atoms with Gasteiger partial charge in [-0.1, -0.05) is 6.92 Å². The van der Waals surface area contributed by atoms with Crippen LogP contribution in [0.2, 0.25) is 0 Å². The molecular weight excluding hydrogens is 214 g/mol. The van der Waals surface area contributed by atoms with Crippen molar-refractivity contribution in [1.29, 1.82) is 0 Å². The number of ether oxygens (including phenoxy) is 1. The zero-order valence-corrected chi connectivity index (χ0v) is 11.1. The lowest BCUT2D eigenvalue weighted by molar-refractivity contribution is 0.0872. The first-order chi connectivity index (χ1) is 8.22. The van der Waals surface area contributed by atoms with E-state index in [2.05, 4.69) is 24.3 Å². The lowest BCUT2D eigenvalue weighted by Gasteiger charge is -2.17. The van der Waals surface area contributed by atoms with Gasteiger partial charge in [0.1, 0.15) is 0 Å². The Balaban J connectivity index is 1.78. The predicted molar refractivity (Wildman–Crippen MR) is 67.8 cm³/mol. The van der Waals surface area contributed by atoms with Crippen LogP contribution in [0.3, 0.4) is 0 Å². The highest BCUT2D eigenvalue weighted by atomic mass is 16.5. The zero-order chi connectivity index (χ0) is 12.3. The Morgan fingerprint density at radius 1 is 1.59 bits per heavy atom. The van der Waals surface area contributed by atoms with Gasteiger partial charge in [-0.3, -0.25) is 4.68 Å². The van der Waals surface area contributed by atoms with Crippen LogP contribution in [0.5, 0.6) is 0 Å². The molecule has 1 aromatic rings. The monoisotopic (exact) mass is 237 g/mol. The van der Waals surface area contributed by atoms with Crippen molar-refractivity contribution >= 4 is 0 Å². The van der Waals surface area contributed by atoms with E-state index in [9.17, 15) is 0 Å². The molecule has 0 amide bonds. The van der Waals surface area contributed by atoms with Crippen LogP contribution in [0.1, 0.15) is 31.0 Å². The summed E-state index contributed by atoms with van der Waals surface area (Å²) in [6, 6.07) is 0. The van der Waals surface area contributed by atoms with E-state index in [4.69, 9.17) is 4.74 Å². The molecule has 0 radical (unpaired) electrons. The van der Waals surface area contributed by atoms with Gasteiger partial charge in [-0.2, -0.15) is 5.10 Å². The highest BCUT2D eigenvalue weighted by Gasteiger charge is 2.25. The molecule has 1 aliphatic rings. The highest BCUT2D eigenvalue weighted by Crippen LogP contribution is 2.22. The molecule has 0 bridgehead atoms. The number of nitrogens with zero attached hydrogens (tertiary/aromatic N) is 2. The summed E-state index contributed by atoms with van der Waals surface area (Å²) < 4.78 is 7.61. The molecule has 2 rings (SSSR count). The van der Waals surface area contributed by atoms with E-state index in [1.807, 2.05) is 17.9 Å². The van der Waals surface area contributed by atoms with E-state index < -0.39 is 0 Å². The average molecular weight is 237 g/mol. The van der Waals surface area contributed by atoms with E-state index in [0.717, 1.165) is 26.1 Å².